The van der Waals surface area contributed by atoms with Gasteiger partial charge in [-0.05, 0) is 35.7 Å². The average Bonchev–Trinajstić information content (AvgIpc) is 3.06. The lowest BCUT2D eigenvalue weighted by Crippen LogP contribution is -2.41. The summed E-state index contributed by atoms with van der Waals surface area (Å²) < 4.78 is 10.7. The molecule has 8 nitrogen and oxygen atoms in total. The highest BCUT2D eigenvalue weighted by molar-refractivity contribution is 5.95. The highest BCUT2D eigenvalue weighted by Gasteiger charge is 2.37. The van der Waals surface area contributed by atoms with E-state index in [0.29, 0.717) is 18.5 Å². The van der Waals surface area contributed by atoms with Crippen molar-refractivity contribution < 1.29 is 19.4 Å². The van der Waals surface area contributed by atoms with Crippen LogP contribution < -0.4 is 21.1 Å². The van der Waals surface area contributed by atoms with Gasteiger partial charge in [-0.15, -0.1) is 0 Å². The number of alkyl carbamates (subject to hydrolysis) is 1. The van der Waals surface area contributed by atoms with Crippen LogP contribution in [0.15, 0.2) is 48.5 Å². The first-order chi connectivity index (χ1) is 14.0. The molecular formula is C21H26N4O4. The topological polar surface area (TPSA) is 130 Å². The largest absolute Gasteiger partial charge is 0.497 e. The van der Waals surface area contributed by atoms with Gasteiger partial charge in [0.15, 0.2) is 0 Å². The number of β-amino-alcohol motifs (C(OH)–C–C–N with tert-alkyl or cyclic N) is 1. The number of carbonyl (C=O) groups excluding carboxylic acids is 1. The van der Waals surface area contributed by atoms with Gasteiger partial charge in [0.2, 0.25) is 0 Å². The van der Waals surface area contributed by atoms with Gasteiger partial charge in [0, 0.05) is 18.7 Å². The van der Waals surface area contributed by atoms with Crippen molar-refractivity contribution in [1.82, 2.24) is 10.6 Å². The van der Waals surface area contributed by atoms with Gasteiger partial charge in [-0.3, -0.25) is 5.41 Å². The molecule has 154 valence electrons. The monoisotopic (exact) mass is 398 g/mol. The summed E-state index contributed by atoms with van der Waals surface area (Å²) in [5, 5.41) is 23.6. The average molecular weight is 398 g/mol. The summed E-state index contributed by atoms with van der Waals surface area (Å²) in [6, 6.07) is 14.5. The van der Waals surface area contributed by atoms with Crippen LogP contribution in [0.2, 0.25) is 0 Å². The number of carbonyl (C=O) groups is 1. The van der Waals surface area contributed by atoms with Crippen molar-refractivity contribution in [3.05, 3.63) is 65.2 Å². The van der Waals surface area contributed by atoms with Gasteiger partial charge >= 0.3 is 6.09 Å². The summed E-state index contributed by atoms with van der Waals surface area (Å²) in [7, 11) is 1.61. The lowest BCUT2D eigenvalue weighted by molar-refractivity contribution is 0.0188. The minimum Gasteiger partial charge on any atom is -0.497 e. The predicted octanol–water partition coefficient (Wildman–Crippen LogP) is 1.15. The number of aliphatic hydroxyl groups excluding tert-OH is 1. The second-order valence-corrected chi connectivity index (χ2v) is 6.97. The molecule has 0 bridgehead atoms. The van der Waals surface area contributed by atoms with Crippen molar-refractivity contribution >= 4 is 11.9 Å². The quantitative estimate of drug-likeness (QED) is 0.351. The maximum atomic E-state index is 12.3. The van der Waals surface area contributed by atoms with Crippen LogP contribution in [0.25, 0.3) is 0 Å². The second-order valence-electron chi connectivity index (χ2n) is 6.97. The first-order valence-electron chi connectivity index (χ1n) is 9.38. The number of amidine groups is 1. The molecule has 1 aliphatic rings. The summed E-state index contributed by atoms with van der Waals surface area (Å²) >= 11 is 0. The molecule has 0 unspecified atom stereocenters. The molecule has 1 aliphatic heterocycles. The molecule has 1 saturated heterocycles. The Morgan fingerprint density at radius 2 is 2.03 bits per heavy atom. The van der Waals surface area contributed by atoms with Crippen LogP contribution in [0.3, 0.4) is 0 Å². The van der Waals surface area contributed by atoms with Crippen molar-refractivity contribution in [3.8, 4) is 5.75 Å². The van der Waals surface area contributed by atoms with E-state index >= 15 is 0 Å². The first-order valence-corrected chi connectivity index (χ1v) is 9.38. The summed E-state index contributed by atoms with van der Waals surface area (Å²) in [5.74, 6) is 0.741. The number of ether oxygens (including phenoxy) is 2. The molecule has 29 heavy (non-hydrogen) atoms. The molecule has 3 rings (SSSR count). The SMILES string of the molecule is COc1ccc(C[C@H]2NC[C@H](O)[C@H]2OC(=O)NCc2cccc(C(=N)N)c2)cc1. The fourth-order valence-corrected chi connectivity index (χ4v) is 3.33. The van der Waals surface area contributed by atoms with Gasteiger partial charge in [0.1, 0.15) is 23.8 Å². The minimum atomic E-state index is -0.773. The molecule has 0 aromatic heterocycles. The Morgan fingerprint density at radius 3 is 2.72 bits per heavy atom. The summed E-state index contributed by atoms with van der Waals surface area (Å²) in [4.78, 5) is 12.3. The van der Waals surface area contributed by atoms with Crippen molar-refractivity contribution in [3.63, 3.8) is 0 Å². The lowest BCUT2D eigenvalue weighted by atomic mass is 10.0. The fourth-order valence-electron chi connectivity index (χ4n) is 3.33. The van der Waals surface area contributed by atoms with Crippen LogP contribution in [0.5, 0.6) is 5.75 Å². The standard InChI is InChI=1S/C21H26N4O4/c1-28-16-7-5-13(6-8-16)10-17-19(18(26)12-24-17)29-21(27)25-11-14-3-2-4-15(9-14)20(22)23/h2-9,17-19,24,26H,10-12H2,1H3,(H3,22,23)(H,25,27)/t17-,18+,19+/m1/s1. The van der Waals surface area contributed by atoms with E-state index in [4.69, 9.17) is 20.6 Å². The van der Waals surface area contributed by atoms with E-state index in [0.717, 1.165) is 16.9 Å². The number of hydrogen-bond acceptors (Lipinski definition) is 6. The molecule has 8 heteroatoms. The normalized spacial score (nSPS) is 20.8. The number of rotatable bonds is 7. The lowest BCUT2D eigenvalue weighted by Gasteiger charge is -2.22. The molecule has 1 fully saturated rings. The Balaban J connectivity index is 1.55. The van der Waals surface area contributed by atoms with Gasteiger partial charge < -0.3 is 30.9 Å². The van der Waals surface area contributed by atoms with Crippen LogP contribution in [0.1, 0.15) is 16.7 Å². The predicted molar refractivity (Wildman–Crippen MR) is 109 cm³/mol. The maximum absolute atomic E-state index is 12.3. The second kappa shape index (κ2) is 9.40. The van der Waals surface area contributed by atoms with Crippen molar-refractivity contribution in [2.24, 2.45) is 5.73 Å². The number of amides is 1. The van der Waals surface area contributed by atoms with E-state index in [1.54, 1.807) is 25.3 Å². The summed E-state index contributed by atoms with van der Waals surface area (Å²) in [6.07, 6.45) is -1.42. The molecule has 0 aliphatic carbocycles. The molecule has 2 aromatic carbocycles. The smallest absolute Gasteiger partial charge is 0.407 e. The molecule has 3 atom stereocenters. The third-order valence-corrected chi connectivity index (χ3v) is 4.90. The van der Waals surface area contributed by atoms with Crippen molar-refractivity contribution in [2.75, 3.05) is 13.7 Å². The third kappa shape index (κ3) is 5.46. The Morgan fingerprint density at radius 1 is 1.28 bits per heavy atom. The summed E-state index contributed by atoms with van der Waals surface area (Å²) in [5.41, 5.74) is 7.93. The van der Waals surface area contributed by atoms with E-state index in [2.05, 4.69) is 10.6 Å². The molecular weight excluding hydrogens is 372 g/mol. The van der Waals surface area contributed by atoms with Crippen molar-refractivity contribution in [1.29, 1.82) is 5.41 Å². The molecule has 0 radical (unpaired) electrons. The number of nitrogen functional groups attached to an aromatic ring is 1. The Kier molecular flexibility index (Phi) is 6.69. The third-order valence-electron chi connectivity index (χ3n) is 4.90. The fraction of sp³-hybridized carbons (Fsp3) is 0.333. The van der Waals surface area contributed by atoms with E-state index < -0.39 is 18.3 Å². The number of aliphatic hydroxyl groups is 1. The molecule has 1 amide bonds. The minimum absolute atomic E-state index is 0.0315. The van der Waals surface area contributed by atoms with Crippen molar-refractivity contribution in [2.45, 2.75) is 31.2 Å². The zero-order valence-electron chi connectivity index (χ0n) is 16.2. The number of nitrogens with one attached hydrogen (secondary N) is 3. The number of hydrogen-bond donors (Lipinski definition) is 5. The van der Waals surface area contributed by atoms with Gasteiger partial charge in [-0.25, -0.2) is 4.79 Å². The van der Waals surface area contributed by atoms with Crippen LogP contribution in [-0.2, 0) is 17.7 Å². The number of benzene rings is 2. The summed E-state index contributed by atoms with van der Waals surface area (Å²) in [6.45, 7) is 0.596. The van der Waals surface area contributed by atoms with E-state index in [-0.39, 0.29) is 18.4 Å². The number of nitrogens with two attached hydrogens (primary N) is 1. The van der Waals surface area contributed by atoms with Crippen LogP contribution >= 0.6 is 0 Å². The molecule has 0 spiro atoms. The van der Waals surface area contributed by atoms with Crippen LogP contribution in [0, 0.1) is 5.41 Å². The number of methoxy groups -OCH3 is 1. The molecule has 1 heterocycles. The molecule has 6 N–H and O–H groups in total. The Hall–Kier alpha value is -3.10. The first kappa shape index (κ1) is 20.6. The zero-order valence-corrected chi connectivity index (χ0v) is 16.2. The Bertz CT molecular complexity index is 856. The highest BCUT2D eigenvalue weighted by atomic mass is 16.6. The zero-order chi connectivity index (χ0) is 20.8. The van der Waals surface area contributed by atoms with Crippen LogP contribution in [0.4, 0.5) is 4.79 Å². The molecule has 2 aromatic rings. The van der Waals surface area contributed by atoms with Crippen LogP contribution in [-0.4, -0.2) is 48.9 Å². The maximum Gasteiger partial charge on any atom is 0.407 e. The van der Waals surface area contributed by atoms with E-state index in [1.165, 1.54) is 0 Å². The van der Waals surface area contributed by atoms with Gasteiger partial charge in [-0.1, -0.05) is 30.3 Å². The van der Waals surface area contributed by atoms with E-state index in [1.807, 2.05) is 30.3 Å². The van der Waals surface area contributed by atoms with Gasteiger partial charge in [-0.2, -0.15) is 0 Å². The van der Waals surface area contributed by atoms with Gasteiger partial charge in [0.25, 0.3) is 0 Å². The highest BCUT2D eigenvalue weighted by Crippen LogP contribution is 2.19. The Labute approximate surface area is 169 Å². The van der Waals surface area contributed by atoms with E-state index in [9.17, 15) is 9.90 Å². The molecule has 0 saturated carbocycles. The van der Waals surface area contributed by atoms with Gasteiger partial charge in [0.05, 0.1) is 13.2 Å².